The Morgan fingerprint density at radius 2 is 1.46 bits per heavy atom. The number of hydrogen-bond acceptors (Lipinski definition) is 0. The number of allylic oxidation sites excluding steroid dienone is 12. The van der Waals surface area contributed by atoms with Crippen LogP contribution < -0.4 is 0 Å². The van der Waals surface area contributed by atoms with Gasteiger partial charge in [0.15, 0.2) is 0 Å². The van der Waals surface area contributed by atoms with Crippen LogP contribution >= 0.6 is 0 Å². The molecule has 0 heterocycles. The molecule has 0 spiro atoms. The van der Waals surface area contributed by atoms with E-state index in [0.29, 0.717) is 5.92 Å². The molecule has 6 rings (SSSR count). The van der Waals surface area contributed by atoms with Gasteiger partial charge in [0, 0.05) is 5.92 Å². The Morgan fingerprint density at radius 3 is 2.23 bits per heavy atom. The van der Waals surface area contributed by atoms with Crippen molar-refractivity contribution in [3.8, 4) is 0 Å². The molecule has 2 saturated carbocycles. The molecule has 0 heteroatoms. The molecule has 0 bridgehead atoms. The van der Waals surface area contributed by atoms with E-state index in [0.717, 1.165) is 24.2 Å². The molecule has 5 aliphatic rings. The van der Waals surface area contributed by atoms with Crippen LogP contribution in [0.25, 0.3) is 0 Å². The van der Waals surface area contributed by atoms with E-state index in [2.05, 4.69) is 72.9 Å². The van der Waals surface area contributed by atoms with Crippen molar-refractivity contribution in [3.63, 3.8) is 0 Å². The minimum atomic E-state index is 0.437. The minimum absolute atomic E-state index is 0.437. The highest BCUT2D eigenvalue weighted by Gasteiger charge is 2.29. The average Bonchev–Trinajstić information content (AvgIpc) is 3.42. The first-order chi connectivity index (χ1) is 17.3. The van der Waals surface area contributed by atoms with E-state index < -0.39 is 0 Å². The van der Waals surface area contributed by atoms with Crippen LogP contribution in [0.4, 0.5) is 0 Å². The predicted molar refractivity (Wildman–Crippen MR) is 149 cm³/mol. The summed E-state index contributed by atoms with van der Waals surface area (Å²) in [6.45, 7) is 0. The maximum atomic E-state index is 2.42. The highest BCUT2D eigenvalue weighted by Crippen LogP contribution is 2.42. The van der Waals surface area contributed by atoms with Crippen molar-refractivity contribution in [2.75, 3.05) is 0 Å². The number of fused-ring (bicyclic) bond motifs is 1. The molecule has 0 aliphatic heterocycles. The molecule has 1 atom stereocenters. The van der Waals surface area contributed by atoms with Crippen LogP contribution in [0, 0.1) is 23.7 Å². The zero-order chi connectivity index (χ0) is 23.5. The van der Waals surface area contributed by atoms with Crippen LogP contribution in [0.5, 0.6) is 0 Å². The van der Waals surface area contributed by atoms with Crippen LogP contribution in [0.15, 0.2) is 95.2 Å². The largest absolute Gasteiger partial charge is 0.0836 e. The van der Waals surface area contributed by atoms with Crippen LogP contribution in [0.3, 0.4) is 0 Å². The first kappa shape index (κ1) is 23.1. The Labute approximate surface area is 213 Å². The monoisotopic (exact) mass is 462 g/mol. The Hall–Kier alpha value is -2.34. The molecule has 2 fully saturated rings. The van der Waals surface area contributed by atoms with Gasteiger partial charge in [-0.15, -0.1) is 0 Å². The van der Waals surface area contributed by atoms with E-state index >= 15 is 0 Å². The van der Waals surface area contributed by atoms with E-state index in [1.807, 2.05) is 0 Å². The normalized spacial score (nSPS) is 28.7. The van der Waals surface area contributed by atoms with Crippen molar-refractivity contribution in [2.45, 2.75) is 83.5 Å². The van der Waals surface area contributed by atoms with Gasteiger partial charge in [0.2, 0.25) is 0 Å². The van der Waals surface area contributed by atoms with Crippen molar-refractivity contribution < 1.29 is 0 Å². The second kappa shape index (κ2) is 10.7. The van der Waals surface area contributed by atoms with E-state index in [4.69, 9.17) is 0 Å². The van der Waals surface area contributed by atoms with Crippen LogP contribution in [-0.2, 0) is 12.8 Å². The van der Waals surface area contributed by atoms with Crippen molar-refractivity contribution in [2.24, 2.45) is 23.7 Å². The van der Waals surface area contributed by atoms with Gasteiger partial charge in [-0.1, -0.05) is 105 Å². The summed E-state index contributed by atoms with van der Waals surface area (Å²) in [6, 6.07) is 9.63. The van der Waals surface area contributed by atoms with Gasteiger partial charge in [0.25, 0.3) is 0 Å². The third-order valence-electron chi connectivity index (χ3n) is 9.56. The highest BCUT2D eigenvalue weighted by molar-refractivity contribution is 5.60. The predicted octanol–water partition coefficient (Wildman–Crippen LogP) is 9.41. The molecule has 35 heavy (non-hydrogen) atoms. The van der Waals surface area contributed by atoms with E-state index in [-0.39, 0.29) is 0 Å². The van der Waals surface area contributed by atoms with E-state index in [1.54, 1.807) is 5.56 Å². The van der Waals surface area contributed by atoms with Gasteiger partial charge >= 0.3 is 0 Å². The summed E-state index contributed by atoms with van der Waals surface area (Å²) in [5.41, 5.74) is 8.87. The molecule has 5 aliphatic carbocycles. The zero-order valence-electron chi connectivity index (χ0n) is 21.4. The van der Waals surface area contributed by atoms with Crippen molar-refractivity contribution >= 4 is 0 Å². The Morgan fingerprint density at radius 1 is 0.686 bits per heavy atom. The summed E-state index contributed by atoms with van der Waals surface area (Å²) >= 11 is 0. The maximum absolute atomic E-state index is 2.42. The molecule has 182 valence electrons. The summed E-state index contributed by atoms with van der Waals surface area (Å²) in [7, 11) is 0. The molecule has 0 radical (unpaired) electrons. The lowest BCUT2D eigenvalue weighted by Gasteiger charge is -2.36. The summed E-state index contributed by atoms with van der Waals surface area (Å²) in [4.78, 5) is 0. The molecule has 1 aromatic carbocycles. The molecule has 0 nitrogen and oxygen atoms in total. The summed E-state index contributed by atoms with van der Waals surface area (Å²) in [6.07, 6.45) is 36.9. The Balaban J connectivity index is 1.05. The lowest BCUT2D eigenvalue weighted by atomic mass is 9.70. The van der Waals surface area contributed by atoms with Crippen molar-refractivity contribution in [1.29, 1.82) is 0 Å². The molecule has 1 aromatic rings. The minimum Gasteiger partial charge on any atom is -0.0836 e. The molecular weight excluding hydrogens is 420 g/mol. The van der Waals surface area contributed by atoms with Crippen LogP contribution in [0.1, 0.15) is 81.8 Å². The second-order valence-electron chi connectivity index (χ2n) is 11.8. The smallest absolute Gasteiger partial charge is 0.0281 e. The molecule has 0 saturated heterocycles. The van der Waals surface area contributed by atoms with Crippen LogP contribution in [0.2, 0.25) is 0 Å². The van der Waals surface area contributed by atoms with Crippen LogP contribution in [-0.4, -0.2) is 0 Å². The Bertz CT molecular complexity index is 1070. The quantitative estimate of drug-likeness (QED) is 0.395. The van der Waals surface area contributed by atoms with Crippen molar-refractivity contribution in [1.82, 2.24) is 0 Å². The van der Waals surface area contributed by atoms with Gasteiger partial charge in [-0.2, -0.15) is 0 Å². The third-order valence-corrected chi connectivity index (χ3v) is 9.56. The summed E-state index contributed by atoms with van der Waals surface area (Å²) in [5, 5.41) is 0. The van der Waals surface area contributed by atoms with Gasteiger partial charge in [0.05, 0.1) is 0 Å². The van der Waals surface area contributed by atoms with E-state index in [9.17, 15) is 0 Å². The third kappa shape index (κ3) is 5.28. The fraction of sp³-hybridized carbons (Fsp3) is 0.486. The fourth-order valence-corrected chi connectivity index (χ4v) is 7.53. The van der Waals surface area contributed by atoms with Crippen molar-refractivity contribution in [3.05, 3.63) is 106 Å². The molecule has 0 amide bonds. The highest BCUT2D eigenvalue weighted by atomic mass is 14.3. The average molecular weight is 463 g/mol. The molecular formula is C35H42. The maximum Gasteiger partial charge on any atom is 0.0281 e. The molecule has 1 unspecified atom stereocenters. The van der Waals surface area contributed by atoms with Gasteiger partial charge in [-0.05, 0) is 103 Å². The SMILES string of the molecule is C1=CC2C(C3=CCCC=C3)=CC=C(Cc3ccc(CC4CCC(C5CCCCC5)CC4)cc3)C2=C1. The summed E-state index contributed by atoms with van der Waals surface area (Å²) < 4.78 is 0. The van der Waals surface area contributed by atoms with E-state index in [1.165, 1.54) is 105 Å². The molecule has 0 aromatic heterocycles. The van der Waals surface area contributed by atoms with Gasteiger partial charge in [-0.25, -0.2) is 0 Å². The lowest BCUT2D eigenvalue weighted by Crippen LogP contribution is -2.24. The van der Waals surface area contributed by atoms with Gasteiger partial charge in [0.1, 0.15) is 0 Å². The Kier molecular flexibility index (Phi) is 7.08. The number of benzene rings is 1. The summed E-state index contributed by atoms with van der Waals surface area (Å²) in [5.74, 6) is 3.45. The second-order valence-corrected chi connectivity index (χ2v) is 11.8. The first-order valence-corrected chi connectivity index (χ1v) is 14.6. The fourth-order valence-electron chi connectivity index (χ4n) is 7.53. The number of rotatable bonds is 6. The molecule has 0 N–H and O–H groups in total. The first-order valence-electron chi connectivity index (χ1n) is 14.6. The zero-order valence-corrected chi connectivity index (χ0v) is 21.4. The van der Waals surface area contributed by atoms with Gasteiger partial charge < -0.3 is 0 Å². The number of hydrogen-bond donors (Lipinski definition) is 0. The topological polar surface area (TPSA) is 0 Å². The lowest BCUT2D eigenvalue weighted by molar-refractivity contribution is 0.167. The van der Waals surface area contributed by atoms with Gasteiger partial charge in [-0.3, -0.25) is 0 Å². The standard InChI is InChI=1S/C35H42/c1-3-8-29(9-4-1)30-20-18-27(19-21-30)24-26-14-16-28(17-15-26)25-32-22-23-34(31-10-5-2-6-11-31)35-13-7-12-33(32)35/h5,7,10-17,22-23,27,29-30,35H,1-4,6,8-9,18-21,24-25H2.